The third-order valence-electron chi connectivity index (χ3n) is 4.31. The molecule has 4 nitrogen and oxygen atoms in total. The van der Waals surface area contributed by atoms with Crippen LogP contribution in [0.15, 0.2) is 48.5 Å². The van der Waals surface area contributed by atoms with Gasteiger partial charge in [-0.25, -0.2) is 0 Å². The van der Waals surface area contributed by atoms with Gasteiger partial charge in [-0.05, 0) is 26.0 Å². The average molecular weight is 309 g/mol. The highest BCUT2D eigenvalue weighted by molar-refractivity contribution is 6.52. The number of fused-ring (bicyclic) bond motifs is 1. The number of benzene rings is 2. The van der Waals surface area contributed by atoms with Gasteiger partial charge in [-0.3, -0.25) is 14.5 Å². The molecule has 1 aliphatic heterocycles. The zero-order valence-electron chi connectivity index (χ0n) is 13.5. The van der Waals surface area contributed by atoms with Gasteiger partial charge in [0, 0.05) is 5.56 Å². The van der Waals surface area contributed by atoms with Gasteiger partial charge in [0.25, 0.3) is 5.78 Å². The van der Waals surface area contributed by atoms with Gasteiger partial charge in [0.2, 0.25) is 0 Å². The first-order valence-corrected chi connectivity index (χ1v) is 7.94. The summed E-state index contributed by atoms with van der Waals surface area (Å²) in [5.74, 6) is -0.802. The number of hydrogen-bond donors (Lipinski definition) is 1. The highest BCUT2D eigenvalue weighted by Crippen LogP contribution is 2.28. The summed E-state index contributed by atoms with van der Waals surface area (Å²) in [6.07, 6.45) is 0. The van der Waals surface area contributed by atoms with Crippen LogP contribution >= 0.6 is 0 Å². The number of anilines is 1. The maximum Gasteiger partial charge on any atom is 0.303 e. The predicted molar refractivity (Wildman–Crippen MR) is 89.5 cm³/mol. The van der Waals surface area contributed by atoms with Crippen LogP contribution in [0, 0.1) is 6.92 Å². The molecule has 0 spiro atoms. The summed E-state index contributed by atoms with van der Waals surface area (Å²) in [5.41, 5.74) is 3.50. The van der Waals surface area contributed by atoms with E-state index in [-0.39, 0.29) is 5.78 Å². The van der Waals surface area contributed by atoms with E-state index in [9.17, 15) is 9.59 Å². The molecule has 3 rings (SSSR count). The first-order valence-electron chi connectivity index (χ1n) is 7.94. The number of carbonyl (C=O) groups excluding carboxylic acids is 2. The van der Waals surface area contributed by atoms with Crippen molar-refractivity contribution in [2.24, 2.45) is 0 Å². The van der Waals surface area contributed by atoms with Crippen LogP contribution in [0.2, 0.25) is 0 Å². The van der Waals surface area contributed by atoms with Gasteiger partial charge in [-0.2, -0.15) is 0 Å². The number of quaternary nitrogens is 1. The Morgan fingerprint density at radius 3 is 2.48 bits per heavy atom. The van der Waals surface area contributed by atoms with Crippen LogP contribution in [0.3, 0.4) is 0 Å². The summed E-state index contributed by atoms with van der Waals surface area (Å²) in [6.45, 7) is 6.24. The number of Topliss-reactive ketones (excluding diaryl/α,β-unsaturated/α-hetero) is 1. The van der Waals surface area contributed by atoms with Gasteiger partial charge in [-0.15, -0.1) is 0 Å². The minimum atomic E-state index is -0.412. The van der Waals surface area contributed by atoms with Crippen LogP contribution in [0.25, 0.3) is 0 Å². The Balaban J connectivity index is 1.81. The summed E-state index contributed by atoms with van der Waals surface area (Å²) < 4.78 is 0. The Morgan fingerprint density at radius 1 is 1.04 bits per heavy atom. The van der Waals surface area contributed by atoms with Crippen molar-refractivity contribution in [1.29, 1.82) is 0 Å². The lowest BCUT2D eigenvalue weighted by molar-refractivity contribution is -0.910. The van der Waals surface area contributed by atoms with E-state index in [0.29, 0.717) is 12.2 Å². The normalized spacial score (nSPS) is 15.0. The molecule has 0 saturated heterocycles. The Hall–Kier alpha value is -2.46. The number of aryl methyl sites for hydroxylation is 1. The lowest BCUT2D eigenvalue weighted by atomic mass is 10.1. The molecule has 1 unspecified atom stereocenters. The van der Waals surface area contributed by atoms with Gasteiger partial charge in [0.15, 0.2) is 6.67 Å². The van der Waals surface area contributed by atoms with Gasteiger partial charge < -0.3 is 4.90 Å². The largest absolute Gasteiger partial charge is 0.314 e. The Bertz CT molecular complexity index is 740. The maximum absolute atomic E-state index is 12.3. The summed E-state index contributed by atoms with van der Waals surface area (Å²) in [4.78, 5) is 27.4. The summed E-state index contributed by atoms with van der Waals surface area (Å²) in [7, 11) is 0. The zero-order valence-corrected chi connectivity index (χ0v) is 13.5. The molecule has 0 aromatic heterocycles. The Morgan fingerprint density at radius 2 is 1.78 bits per heavy atom. The fraction of sp³-hybridized carbons (Fsp3) is 0.263. The maximum atomic E-state index is 12.3. The SMILES string of the molecule is CC[NH+](Cc1ccccc1)CN1C(=O)C(=O)c2cc(C)ccc21. The topological polar surface area (TPSA) is 41.8 Å². The monoisotopic (exact) mass is 309 g/mol. The molecule has 0 aliphatic carbocycles. The van der Waals surface area contributed by atoms with E-state index in [1.54, 1.807) is 11.0 Å². The third-order valence-corrected chi connectivity index (χ3v) is 4.31. The minimum Gasteiger partial charge on any atom is -0.314 e. The van der Waals surface area contributed by atoms with E-state index in [1.807, 2.05) is 37.3 Å². The van der Waals surface area contributed by atoms with Crippen LogP contribution in [-0.4, -0.2) is 24.9 Å². The molecule has 0 bridgehead atoms. The van der Waals surface area contributed by atoms with Crippen molar-refractivity contribution in [3.63, 3.8) is 0 Å². The third kappa shape index (κ3) is 3.03. The second kappa shape index (κ2) is 6.34. The van der Waals surface area contributed by atoms with Crippen molar-refractivity contribution < 1.29 is 14.5 Å². The van der Waals surface area contributed by atoms with Crippen LogP contribution < -0.4 is 9.80 Å². The highest BCUT2D eigenvalue weighted by Gasteiger charge is 2.37. The van der Waals surface area contributed by atoms with Crippen molar-refractivity contribution in [2.75, 3.05) is 18.1 Å². The van der Waals surface area contributed by atoms with Crippen molar-refractivity contribution in [3.8, 4) is 0 Å². The predicted octanol–water partition coefficient (Wildman–Crippen LogP) is 1.59. The Kier molecular flexibility index (Phi) is 4.26. The molecule has 0 saturated carbocycles. The molecule has 1 aliphatic rings. The summed E-state index contributed by atoms with van der Waals surface area (Å²) in [5, 5.41) is 0. The first kappa shape index (κ1) is 15.4. The number of rotatable bonds is 5. The fourth-order valence-corrected chi connectivity index (χ4v) is 2.97. The molecule has 0 fully saturated rings. The van der Waals surface area contributed by atoms with Crippen molar-refractivity contribution in [1.82, 2.24) is 0 Å². The zero-order chi connectivity index (χ0) is 16.4. The average Bonchev–Trinajstić information content (AvgIpc) is 2.79. The smallest absolute Gasteiger partial charge is 0.303 e. The fourth-order valence-electron chi connectivity index (χ4n) is 2.97. The van der Waals surface area contributed by atoms with Gasteiger partial charge in [0.1, 0.15) is 6.54 Å². The van der Waals surface area contributed by atoms with E-state index in [0.717, 1.165) is 24.3 Å². The number of nitrogens with zero attached hydrogens (tertiary/aromatic N) is 1. The molecule has 118 valence electrons. The van der Waals surface area contributed by atoms with Crippen molar-refractivity contribution >= 4 is 17.4 Å². The second-order valence-electron chi connectivity index (χ2n) is 6.01. The minimum absolute atomic E-state index is 0.390. The molecule has 0 radical (unpaired) electrons. The van der Waals surface area contributed by atoms with Crippen LogP contribution in [0.4, 0.5) is 5.69 Å². The lowest BCUT2D eigenvalue weighted by Gasteiger charge is -2.24. The Labute approximate surface area is 136 Å². The summed E-state index contributed by atoms with van der Waals surface area (Å²) in [6, 6.07) is 15.8. The number of carbonyl (C=O) groups is 2. The molecular weight excluding hydrogens is 288 g/mol. The quantitative estimate of drug-likeness (QED) is 0.852. The van der Waals surface area contributed by atoms with E-state index in [1.165, 1.54) is 10.5 Å². The molecule has 4 heteroatoms. The molecule has 1 heterocycles. The van der Waals surface area contributed by atoms with Gasteiger partial charge in [-0.1, -0.05) is 42.0 Å². The van der Waals surface area contributed by atoms with Crippen molar-refractivity contribution in [2.45, 2.75) is 20.4 Å². The molecular formula is C19H21N2O2+. The lowest BCUT2D eigenvalue weighted by Crippen LogP contribution is -3.12. The molecule has 1 N–H and O–H groups in total. The second-order valence-corrected chi connectivity index (χ2v) is 6.01. The van der Waals surface area contributed by atoms with E-state index < -0.39 is 5.91 Å². The summed E-state index contributed by atoms with van der Waals surface area (Å²) >= 11 is 0. The van der Waals surface area contributed by atoms with Crippen LogP contribution in [-0.2, 0) is 11.3 Å². The van der Waals surface area contributed by atoms with Crippen LogP contribution in [0.5, 0.6) is 0 Å². The van der Waals surface area contributed by atoms with E-state index >= 15 is 0 Å². The number of ketones is 1. The molecule has 1 atom stereocenters. The first-order chi connectivity index (χ1) is 11.1. The van der Waals surface area contributed by atoms with E-state index in [2.05, 4.69) is 19.1 Å². The van der Waals surface area contributed by atoms with Crippen molar-refractivity contribution in [3.05, 3.63) is 65.2 Å². The molecule has 23 heavy (non-hydrogen) atoms. The number of nitrogens with one attached hydrogen (secondary N) is 1. The van der Waals surface area contributed by atoms with Gasteiger partial charge >= 0.3 is 5.91 Å². The molecule has 2 aromatic carbocycles. The van der Waals surface area contributed by atoms with E-state index in [4.69, 9.17) is 0 Å². The molecule has 1 amide bonds. The molecule has 2 aromatic rings. The highest BCUT2D eigenvalue weighted by atomic mass is 16.2. The van der Waals surface area contributed by atoms with Gasteiger partial charge in [0.05, 0.1) is 17.8 Å². The number of hydrogen-bond acceptors (Lipinski definition) is 2. The standard InChI is InChI=1S/C19H20N2O2/c1-3-20(12-15-7-5-4-6-8-15)13-21-17-10-9-14(2)11-16(17)18(22)19(21)23/h4-11H,3,12-13H2,1-2H3/p+1. The van der Waals surface area contributed by atoms with Crippen LogP contribution in [0.1, 0.15) is 28.4 Å². The number of amides is 1.